The summed E-state index contributed by atoms with van der Waals surface area (Å²) in [4.78, 5) is 6.95. The van der Waals surface area contributed by atoms with E-state index < -0.39 is 0 Å². The lowest BCUT2D eigenvalue weighted by molar-refractivity contribution is 0.423. The quantitative estimate of drug-likeness (QED) is 0.783. The van der Waals surface area contributed by atoms with Crippen molar-refractivity contribution in [2.45, 2.75) is 26.2 Å². The van der Waals surface area contributed by atoms with E-state index in [1.165, 1.54) is 0 Å². The zero-order valence-corrected chi connectivity index (χ0v) is 15.9. The summed E-state index contributed by atoms with van der Waals surface area (Å²) in [5, 5.41) is 12.3. The van der Waals surface area contributed by atoms with Crippen molar-refractivity contribution in [3.05, 3.63) is 42.1 Å². The lowest BCUT2D eigenvalue weighted by Crippen LogP contribution is -2.50. The monoisotopic (exact) mass is 350 g/mol. The van der Waals surface area contributed by atoms with E-state index in [9.17, 15) is 0 Å². The summed E-state index contributed by atoms with van der Waals surface area (Å²) >= 11 is 0. The van der Waals surface area contributed by atoms with Gasteiger partial charge in [-0.2, -0.15) is 5.10 Å². The molecule has 26 heavy (non-hydrogen) atoms. The van der Waals surface area contributed by atoms with Crippen molar-refractivity contribution in [2.24, 2.45) is 13.0 Å². The summed E-state index contributed by atoms with van der Waals surface area (Å²) < 4.78 is 2.11. The number of imidazole rings is 1. The Hall–Kier alpha value is -2.63. The number of benzene rings is 1. The van der Waals surface area contributed by atoms with Crippen LogP contribution in [0.15, 0.2) is 36.4 Å². The third-order valence-corrected chi connectivity index (χ3v) is 5.04. The van der Waals surface area contributed by atoms with Crippen molar-refractivity contribution < 1.29 is 0 Å². The van der Waals surface area contributed by atoms with Gasteiger partial charge in [0, 0.05) is 38.0 Å². The first-order chi connectivity index (χ1) is 12.4. The third kappa shape index (κ3) is 3.11. The Bertz CT molecular complexity index is 900. The number of nitrogens with zero attached hydrogens (tertiary/aromatic N) is 5. The normalized spacial score (nSPS) is 15.3. The average molecular weight is 350 g/mol. The summed E-state index contributed by atoms with van der Waals surface area (Å²) in [6.07, 6.45) is 0. The average Bonchev–Trinajstić information content (AvgIpc) is 2.90. The van der Waals surface area contributed by atoms with E-state index in [0.717, 1.165) is 48.1 Å². The largest absolute Gasteiger partial charge is 0.355 e. The molecule has 1 N–H and O–H groups in total. The van der Waals surface area contributed by atoms with Gasteiger partial charge in [-0.1, -0.05) is 32.9 Å². The minimum atomic E-state index is 0.0402. The molecular formula is C20H26N6. The highest BCUT2D eigenvalue weighted by atomic mass is 15.3. The number of fused-ring (bicyclic) bond motifs is 1. The van der Waals surface area contributed by atoms with Crippen LogP contribution in [0.2, 0.25) is 0 Å². The molecule has 0 atom stereocenters. The van der Waals surface area contributed by atoms with Crippen LogP contribution in [0.1, 0.15) is 26.5 Å². The Morgan fingerprint density at radius 2 is 1.85 bits per heavy atom. The molecule has 0 radical (unpaired) electrons. The van der Waals surface area contributed by atoms with Gasteiger partial charge in [-0.15, -0.1) is 5.10 Å². The molecule has 1 aromatic carbocycles. The first-order valence-electron chi connectivity index (χ1n) is 9.16. The van der Waals surface area contributed by atoms with E-state index >= 15 is 0 Å². The van der Waals surface area contributed by atoms with Crippen molar-refractivity contribution in [3.63, 3.8) is 0 Å². The Kier molecular flexibility index (Phi) is 4.05. The lowest BCUT2D eigenvalue weighted by Gasteiger charge is -2.40. The van der Waals surface area contributed by atoms with Crippen LogP contribution < -0.4 is 10.2 Å². The molecule has 2 aromatic heterocycles. The fraction of sp³-hybridized carbons (Fsp3) is 0.450. The molecule has 0 bridgehead atoms. The Morgan fingerprint density at radius 3 is 2.50 bits per heavy atom. The second-order valence-electron chi connectivity index (χ2n) is 8.16. The highest BCUT2D eigenvalue weighted by molar-refractivity contribution is 5.78. The third-order valence-electron chi connectivity index (χ3n) is 5.04. The Labute approximate surface area is 154 Å². The minimum absolute atomic E-state index is 0.0402. The van der Waals surface area contributed by atoms with Gasteiger partial charge in [-0.25, -0.2) is 4.98 Å². The molecule has 0 aliphatic carbocycles. The maximum absolute atomic E-state index is 4.67. The molecule has 4 rings (SSSR count). The van der Waals surface area contributed by atoms with Crippen LogP contribution in [-0.4, -0.2) is 39.4 Å². The van der Waals surface area contributed by atoms with Gasteiger partial charge in [0.05, 0.1) is 16.7 Å². The second kappa shape index (κ2) is 6.27. The zero-order valence-electron chi connectivity index (χ0n) is 15.9. The number of para-hydroxylation sites is 2. The molecular weight excluding hydrogens is 324 g/mol. The van der Waals surface area contributed by atoms with Crippen molar-refractivity contribution in [1.82, 2.24) is 19.7 Å². The van der Waals surface area contributed by atoms with Gasteiger partial charge in [-0.3, -0.25) is 0 Å². The van der Waals surface area contributed by atoms with E-state index in [2.05, 4.69) is 76.0 Å². The predicted molar refractivity (Wildman–Crippen MR) is 106 cm³/mol. The molecule has 0 unspecified atom stereocenters. The van der Waals surface area contributed by atoms with E-state index in [4.69, 9.17) is 0 Å². The lowest BCUT2D eigenvalue weighted by atomic mass is 9.92. The number of aromatic nitrogens is 4. The maximum atomic E-state index is 4.67. The molecule has 1 fully saturated rings. The zero-order chi connectivity index (χ0) is 18.3. The van der Waals surface area contributed by atoms with Gasteiger partial charge >= 0.3 is 0 Å². The highest BCUT2D eigenvalue weighted by Gasteiger charge is 2.28. The fourth-order valence-electron chi connectivity index (χ4n) is 3.32. The van der Waals surface area contributed by atoms with E-state index in [1.54, 1.807) is 0 Å². The van der Waals surface area contributed by atoms with Crippen molar-refractivity contribution in [3.8, 4) is 0 Å². The molecule has 6 nitrogen and oxygen atoms in total. The fourth-order valence-corrected chi connectivity index (χ4v) is 3.32. The van der Waals surface area contributed by atoms with Crippen LogP contribution in [0.25, 0.3) is 11.0 Å². The van der Waals surface area contributed by atoms with Gasteiger partial charge in [0.25, 0.3) is 0 Å². The highest BCUT2D eigenvalue weighted by Crippen LogP contribution is 2.25. The molecule has 3 aromatic rings. The summed E-state index contributed by atoms with van der Waals surface area (Å²) in [6, 6.07) is 12.4. The van der Waals surface area contributed by atoms with E-state index in [1.807, 2.05) is 18.2 Å². The minimum Gasteiger partial charge on any atom is -0.355 e. The van der Waals surface area contributed by atoms with Crippen molar-refractivity contribution in [1.29, 1.82) is 0 Å². The van der Waals surface area contributed by atoms with Gasteiger partial charge < -0.3 is 14.8 Å². The molecule has 136 valence electrons. The summed E-state index contributed by atoms with van der Waals surface area (Å²) in [5.74, 6) is 2.50. The molecule has 6 heteroatoms. The topological polar surface area (TPSA) is 58.9 Å². The molecule has 1 aliphatic rings. The molecule has 1 saturated heterocycles. The molecule has 0 spiro atoms. The first-order valence-corrected chi connectivity index (χ1v) is 9.16. The van der Waals surface area contributed by atoms with E-state index in [-0.39, 0.29) is 5.41 Å². The summed E-state index contributed by atoms with van der Waals surface area (Å²) in [6.45, 7) is 9.39. The van der Waals surface area contributed by atoms with Crippen molar-refractivity contribution in [2.75, 3.05) is 29.9 Å². The molecule has 0 amide bonds. The number of aryl methyl sites for hydroxylation is 1. The number of hydrogen-bond donors (Lipinski definition) is 1. The van der Waals surface area contributed by atoms with Crippen LogP contribution >= 0.6 is 0 Å². The molecule has 0 saturated carbocycles. The van der Waals surface area contributed by atoms with Crippen LogP contribution in [0.4, 0.5) is 11.8 Å². The van der Waals surface area contributed by atoms with Crippen LogP contribution in [0.3, 0.4) is 0 Å². The van der Waals surface area contributed by atoms with Gasteiger partial charge in [-0.05, 0) is 24.3 Å². The molecule has 1 aliphatic heterocycles. The van der Waals surface area contributed by atoms with Gasteiger partial charge in [0.15, 0.2) is 5.82 Å². The second-order valence-corrected chi connectivity index (χ2v) is 8.16. The first kappa shape index (κ1) is 16.8. The summed E-state index contributed by atoms with van der Waals surface area (Å²) in [5.41, 5.74) is 3.25. The standard InChI is InChI=1S/C20H26N6/c1-20(2,3)17-9-10-18(24-23-17)26-12-14(13-26)11-21-19-22-15-7-5-6-8-16(15)25(19)4/h5-10,14H,11-13H2,1-4H3,(H,21,22). The summed E-state index contributed by atoms with van der Waals surface area (Å²) in [7, 11) is 2.05. The van der Waals surface area contributed by atoms with Gasteiger partial charge in [0.1, 0.15) is 0 Å². The predicted octanol–water partition coefficient (Wildman–Crippen LogP) is 3.21. The Morgan fingerprint density at radius 1 is 1.08 bits per heavy atom. The number of hydrogen-bond acceptors (Lipinski definition) is 5. The van der Waals surface area contributed by atoms with Crippen LogP contribution in [-0.2, 0) is 12.5 Å². The number of anilines is 2. The van der Waals surface area contributed by atoms with Crippen LogP contribution in [0, 0.1) is 5.92 Å². The molecule has 3 heterocycles. The smallest absolute Gasteiger partial charge is 0.203 e. The number of rotatable bonds is 4. The maximum Gasteiger partial charge on any atom is 0.203 e. The Balaban J connectivity index is 1.33. The van der Waals surface area contributed by atoms with Gasteiger partial charge in [0.2, 0.25) is 5.95 Å². The number of nitrogens with one attached hydrogen (secondary N) is 1. The van der Waals surface area contributed by atoms with E-state index in [0.29, 0.717) is 5.92 Å². The van der Waals surface area contributed by atoms with Crippen LogP contribution in [0.5, 0.6) is 0 Å². The van der Waals surface area contributed by atoms with Crippen molar-refractivity contribution >= 4 is 22.8 Å². The SMILES string of the molecule is Cn1c(NCC2CN(c3ccc(C(C)(C)C)nn3)C2)nc2ccccc21.